The predicted molar refractivity (Wildman–Crippen MR) is 133 cm³/mol. The fraction of sp³-hybridized carbons (Fsp3) is 0.310. The van der Waals surface area contributed by atoms with Crippen LogP contribution in [0, 0.1) is 0 Å². The maximum atomic E-state index is 6.30. The van der Waals surface area contributed by atoms with Gasteiger partial charge in [0.15, 0.2) is 0 Å². The summed E-state index contributed by atoms with van der Waals surface area (Å²) in [5.74, 6) is 0.882. The largest absolute Gasteiger partial charge is 0.497 e. The second-order valence-corrected chi connectivity index (χ2v) is 8.19. The number of benzene rings is 2. The van der Waals surface area contributed by atoms with E-state index in [2.05, 4.69) is 70.3 Å². The molecule has 0 aromatic heterocycles. The molecule has 2 rings (SSSR count). The van der Waals surface area contributed by atoms with Crippen LogP contribution in [0.5, 0.6) is 5.75 Å². The number of methoxy groups -OCH3 is 1. The van der Waals surface area contributed by atoms with Gasteiger partial charge in [0.25, 0.3) is 0 Å². The molecule has 0 aliphatic rings. The van der Waals surface area contributed by atoms with E-state index in [4.69, 9.17) is 9.47 Å². The van der Waals surface area contributed by atoms with E-state index in [0.29, 0.717) is 6.61 Å². The number of ether oxygens (including phenoxy) is 2. The van der Waals surface area contributed by atoms with Gasteiger partial charge < -0.3 is 9.47 Å². The third kappa shape index (κ3) is 8.43. The first-order valence-corrected chi connectivity index (χ1v) is 10.8. The average molecular weight is 417 g/mol. The van der Waals surface area contributed by atoms with E-state index < -0.39 is 0 Å². The van der Waals surface area contributed by atoms with Gasteiger partial charge in [0.05, 0.1) is 13.7 Å². The molecule has 0 aliphatic heterocycles. The van der Waals surface area contributed by atoms with Crippen LogP contribution in [0.3, 0.4) is 0 Å². The van der Waals surface area contributed by atoms with E-state index in [1.165, 1.54) is 16.7 Å². The quantitative estimate of drug-likeness (QED) is 0.329. The summed E-state index contributed by atoms with van der Waals surface area (Å²) >= 11 is 0. The topological polar surface area (TPSA) is 18.5 Å². The maximum Gasteiger partial charge on any atom is 0.118 e. The zero-order valence-corrected chi connectivity index (χ0v) is 19.5. The van der Waals surface area contributed by atoms with E-state index >= 15 is 0 Å². The van der Waals surface area contributed by atoms with Crippen LogP contribution in [0.15, 0.2) is 102 Å². The zero-order chi connectivity index (χ0) is 22.6. The third-order valence-electron chi connectivity index (χ3n) is 5.36. The minimum Gasteiger partial charge on any atom is -0.497 e. The molecule has 0 fully saturated rings. The van der Waals surface area contributed by atoms with Crippen LogP contribution in [-0.2, 0) is 11.2 Å². The van der Waals surface area contributed by atoms with Crippen LogP contribution >= 0.6 is 0 Å². The van der Waals surface area contributed by atoms with Crippen LogP contribution < -0.4 is 4.74 Å². The average Bonchev–Trinajstić information content (AvgIpc) is 2.78. The molecule has 2 heteroatoms. The van der Waals surface area contributed by atoms with Gasteiger partial charge in [-0.3, -0.25) is 0 Å². The molecule has 0 radical (unpaired) electrons. The molecule has 1 unspecified atom stereocenters. The van der Waals surface area contributed by atoms with E-state index in [1.807, 2.05) is 30.3 Å². The molecule has 0 saturated heterocycles. The summed E-state index contributed by atoms with van der Waals surface area (Å²) in [5.41, 5.74) is 7.20. The molecular weight excluding hydrogens is 380 g/mol. The Labute approximate surface area is 188 Å². The van der Waals surface area contributed by atoms with Gasteiger partial charge in [0.1, 0.15) is 11.9 Å². The van der Waals surface area contributed by atoms with Crippen LogP contribution in [0.4, 0.5) is 0 Å². The van der Waals surface area contributed by atoms with Gasteiger partial charge in [0, 0.05) is 0 Å². The molecule has 164 valence electrons. The Hall–Kier alpha value is -2.84. The fourth-order valence-electron chi connectivity index (χ4n) is 3.18. The molecule has 0 aliphatic carbocycles. The third-order valence-corrected chi connectivity index (χ3v) is 5.36. The van der Waals surface area contributed by atoms with Gasteiger partial charge in [0.2, 0.25) is 0 Å². The summed E-state index contributed by atoms with van der Waals surface area (Å²) < 4.78 is 11.5. The summed E-state index contributed by atoms with van der Waals surface area (Å²) in [6.07, 6.45) is 6.75. The molecule has 2 nitrogen and oxygen atoms in total. The van der Waals surface area contributed by atoms with Crippen molar-refractivity contribution in [3.05, 3.63) is 113 Å². The van der Waals surface area contributed by atoms with Crippen molar-refractivity contribution in [2.75, 3.05) is 13.7 Å². The van der Waals surface area contributed by atoms with Crippen LogP contribution in [0.1, 0.15) is 50.8 Å². The van der Waals surface area contributed by atoms with Crippen LogP contribution in [0.25, 0.3) is 0 Å². The van der Waals surface area contributed by atoms with Crippen molar-refractivity contribution in [2.24, 2.45) is 0 Å². The molecule has 0 spiro atoms. The van der Waals surface area contributed by atoms with Crippen molar-refractivity contribution in [3.8, 4) is 5.75 Å². The lowest BCUT2D eigenvalue weighted by Crippen LogP contribution is -2.10. The van der Waals surface area contributed by atoms with E-state index in [0.717, 1.165) is 41.7 Å². The number of rotatable bonds is 12. The lowest BCUT2D eigenvalue weighted by atomic mass is 9.95. The molecular formula is C29H36O2. The number of hydrogen-bond donors (Lipinski definition) is 0. The van der Waals surface area contributed by atoms with Crippen molar-refractivity contribution in [1.29, 1.82) is 0 Å². The highest BCUT2D eigenvalue weighted by Crippen LogP contribution is 2.30. The Kier molecular flexibility index (Phi) is 10.1. The van der Waals surface area contributed by atoms with Crippen LogP contribution in [-0.4, -0.2) is 13.7 Å². The fourth-order valence-corrected chi connectivity index (χ4v) is 3.18. The first-order valence-electron chi connectivity index (χ1n) is 10.8. The van der Waals surface area contributed by atoms with Crippen molar-refractivity contribution in [3.63, 3.8) is 0 Å². The highest BCUT2D eigenvalue weighted by Gasteiger charge is 2.16. The molecule has 2 aromatic rings. The first kappa shape index (κ1) is 24.4. The molecule has 2 aromatic carbocycles. The van der Waals surface area contributed by atoms with E-state index in [9.17, 15) is 0 Å². The van der Waals surface area contributed by atoms with Crippen molar-refractivity contribution in [1.82, 2.24) is 0 Å². The first-order chi connectivity index (χ1) is 14.9. The minimum atomic E-state index is -0.129. The zero-order valence-electron chi connectivity index (χ0n) is 19.5. The number of allylic oxidation sites excluding steroid dienone is 4. The van der Waals surface area contributed by atoms with E-state index in [-0.39, 0.29) is 6.10 Å². The van der Waals surface area contributed by atoms with Gasteiger partial charge in [-0.15, -0.1) is 0 Å². The second-order valence-electron chi connectivity index (χ2n) is 8.19. The Morgan fingerprint density at radius 3 is 2.23 bits per heavy atom. The highest BCUT2D eigenvalue weighted by atomic mass is 16.5. The second kappa shape index (κ2) is 12.8. The lowest BCUT2D eigenvalue weighted by Gasteiger charge is -2.22. The molecule has 0 amide bonds. The molecule has 1 atom stereocenters. The lowest BCUT2D eigenvalue weighted by molar-refractivity contribution is 0.0939. The molecule has 0 bridgehead atoms. The van der Waals surface area contributed by atoms with Gasteiger partial charge in [-0.05, 0) is 74.4 Å². The number of hydrogen-bond acceptors (Lipinski definition) is 2. The van der Waals surface area contributed by atoms with Gasteiger partial charge in [-0.25, -0.2) is 0 Å². The maximum absolute atomic E-state index is 6.30. The standard InChI is InChI=1S/C29H36O2/c1-22(2)24(4)20-25(5)29(27-14-8-7-9-15-27)31-21-23(3)12-10-11-13-26-16-18-28(30-6)19-17-26/h7-11,14-19,29H,3,5,12-13,20-21H2,1-2,4,6H3/b11-10-. The van der Waals surface area contributed by atoms with Gasteiger partial charge >= 0.3 is 0 Å². The Balaban J connectivity index is 1.90. The van der Waals surface area contributed by atoms with E-state index in [1.54, 1.807) is 7.11 Å². The van der Waals surface area contributed by atoms with Gasteiger partial charge in [-0.2, -0.15) is 0 Å². The molecule has 0 saturated carbocycles. The monoisotopic (exact) mass is 416 g/mol. The Morgan fingerprint density at radius 1 is 0.935 bits per heavy atom. The summed E-state index contributed by atoms with van der Waals surface area (Å²) in [6, 6.07) is 18.5. The normalized spacial score (nSPS) is 11.9. The summed E-state index contributed by atoms with van der Waals surface area (Å²) in [7, 11) is 1.68. The SMILES string of the molecule is C=C(C/C=C\Cc1ccc(OC)cc1)COC(C(=C)CC(C)=C(C)C)c1ccccc1. The Morgan fingerprint density at radius 2 is 1.61 bits per heavy atom. The Bertz CT molecular complexity index is 898. The molecule has 31 heavy (non-hydrogen) atoms. The molecule has 0 heterocycles. The highest BCUT2D eigenvalue weighted by molar-refractivity contribution is 5.29. The summed E-state index contributed by atoms with van der Waals surface area (Å²) in [6.45, 7) is 15.5. The minimum absolute atomic E-state index is 0.129. The van der Waals surface area contributed by atoms with Crippen molar-refractivity contribution in [2.45, 2.75) is 46.1 Å². The van der Waals surface area contributed by atoms with Crippen molar-refractivity contribution >= 4 is 0 Å². The summed E-state index contributed by atoms with van der Waals surface area (Å²) in [5, 5.41) is 0. The smallest absolute Gasteiger partial charge is 0.118 e. The summed E-state index contributed by atoms with van der Waals surface area (Å²) in [4.78, 5) is 0. The van der Waals surface area contributed by atoms with Gasteiger partial charge in [-0.1, -0.05) is 78.9 Å². The predicted octanol–water partition coefficient (Wildman–Crippen LogP) is 7.80. The van der Waals surface area contributed by atoms with Crippen molar-refractivity contribution < 1.29 is 9.47 Å². The molecule has 0 N–H and O–H groups in total. The van der Waals surface area contributed by atoms with Crippen LogP contribution in [0.2, 0.25) is 0 Å².